The van der Waals surface area contributed by atoms with Crippen LogP contribution in [-0.2, 0) is 15.9 Å². The number of nitrogens with one attached hydrogen (secondary N) is 2. The topological polar surface area (TPSA) is 94.3 Å². The number of hydrogen-bond donors (Lipinski definition) is 3. The summed E-state index contributed by atoms with van der Waals surface area (Å²) in [7, 11) is 1.66. The first-order chi connectivity index (χ1) is 9.33. The van der Waals surface area contributed by atoms with Crippen LogP contribution in [0.3, 0.4) is 0 Å². The van der Waals surface area contributed by atoms with Gasteiger partial charge in [0.2, 0.25) is 0 Å². The number of nitrogen functional groups attached to an aromatic ring is 1. The predicted molar refractivity (Wildman–Crippen MR) is 75.0 cm³/mol. The van der Waals surface area contributed by atoms with E-state index < -0.39 is 0 Å². The molecule has 7 heteroatoms. The second-order valence-corrected chi connectivity index (χ2v) is 3.93. The van der Waals surface area contributed by atoms with Gasteiger partial charge in [-0.3, -0.25) is 0 Å². The molecule has 0 bridgehead atoms. The van der Waals surface area contributed by atoms with Gasteiger partial charge in [0.15, 0.2) is 0 Å². The van der Waals surface area contributed by atoms with Gasteiger partial charge in [0, 0.05) is 25.8 Å². The highest BCUT2D eigenvalue weighted by atomic mass is 16.5. The van der Waals surface area contributed by atoms with Crippen LogP contribution < -0.4 is 16.6 Å². The number of hydrogen-bond acceptors (Lipinski definition) is 7. The molecule has 0 saturated heterocycles. The molecule has 0 fully saturated rings. The molecule has 0 atom stereocenters. The van der Waals surface area contributed by atoms with Crippen molar-refractivity contribution >= 4 is 11.6 Å². The maximum Gasteiger partial charge on any atom is 0.148 e. The highest BCUT2D eigenvalue weighted by molar-refractivity contribution is 5.56. The molecule has 0 aliphatic carbocycles. The standard InChI is InChI=1S/C12H23N5O2/c1-3-10-11(15-9-16-12(10)17-13)14-5-4-6-19-8-7-18-2/h9H,3-8,13H2,1-2H3,(H2,14,15,16,17). The Morgan fingerprint density at radius 1 is 1.21 bits per heavy atom. The van der Waals surface area contributed by atoms with Crippen LogP contribution in [0.4, 0.5) is 11.6 Å². The zero-order valence-electron chi connectivity index (χ0n) is 11.6. The van der Waals surface area contributed by atoms with Gasteiger partial charge in [-0.25, -0.2) is 15.8 Å². The van der Waals surface area contributed by atoms with Crippen molar-refractivity contribution in [3.63, 3.8) is 0 Å². The lowest BCUT2D eigenvalue weighted by Gasteiger charge is -2.12. The normalized spacial score (nSPS) is 10.5. The monoisotopic (exact) mass is 269 g/mol. The zero-order valence-corrected chi connectivity index (χ0v) is 11.6. The average molecular weight is 269 g/mol. The second kappa shape index (κ2) is 9.48. The average Bonchev–Trinajstić information content (AvgIpc) is 2.45. The molecule has 0 aromatic carbocycles. The minimum absolute atomic E-state index is 0.630. The Hall–Kier alpha value is -1.44. The van der Waals surface area contributed by atoms with Crippen molar-refractivity contribution in [1.82, 2.24) is 9.97 Å². The Balaban J connectivity index is 2.33. The van der Waals surface area contributed by atoms with Crippen LogP contribution in [0.25, 0.3) is 0 Å². The maximum atomic E-state index is 5.42. The van der Waals surface area contributed by atoms with Gasteiger partial charge in [-0.2, -0.15) is 0 Å². The fourth-order valence-corrected chi connectivity index (χ4v) is 1.65. The number of methoxy groups -OCH3 is 1. The molecule has 0 radical (unpaired) electrons. The second-order valence-electron chi connectivity index (χ2n) is 3.93. The first-order valence-electron chi connectivity index (χ1n) is 6.44. The largest absolute Gasteiger partial charge is 0.382 e. The number of rotatable bonds is 10. The molecule has 7 nitrogen and oxygen atoms in total. The molecule has 1 heterocycles. The molecule has 0 saturated carbocycles. The Kier molecular flexibility index (Phi) is 7.80. The Bertz CT molecular complexity index is 362. The van der Waals surface area contributed by atoms with E-state index in [9.17, 15) is 0 Å². The highest BCUT2D eigenvalue weighted by Gasteiger charge is 2.07. The first-order valence-corrected chi connectivity index (χ1v) is 6.44. The van der Waals surface area contributed by atoms with Crippen LogP contribution in [0.5, 0.6) is 0 Å². The van der Waals surface area contributed by atoms with E-state index in [4.69, 9.17) is 15.3 Å². The number of aromatic nitrogens is 2. The van der Waals surface area contributed by atoms with Gasteiger partial charge in [0.25, 0.3) is 0 Å². The molecule has 1 rings (SSSR count). The molecular formula is C12H23N5O2. The number of ether oxygens (including phenoxy) is 2. The van der Waals surface area contributed by atoms with Gasteiger partial charge in [-0.15, -0.1) is 0 Å². The van der Waals surface area contributed by atoms with Crippen molar-refractivity contribution in [3.8, 4) is 0 Å². The summed E-state index contributed by atoms with van der Waals surface area (Å²) in [5.74, 6) is 6.90. The van der Waals surface area contributed by atoms with Gasteiger partial charge >= 0.3 is 0 Å². The van der Waals surface area contributed by atoms with Crippen molar-refractivity contribution in [1.29, 1.82) is 0 Å². The van der Waals surface area contributed by atoms with E-state index in [-0.39, 0.29) is 0 Å². The highest BCUT2D eigenvalue weighted by Crippen LogP contribution is 2.19. The van der Waals surface area contributed by atoms with E-state index >= 15 is 0 Å². The summed E-state index contributed by atoms with van der Waals surface area (Å²) >= 11 is 0. The minimum Gasteiger partial charge on any atom is -0.382 e. The van der Waals surface area contributed by atoms with Crippen LogP contribution in [0, 0.1) is 0 Å². The van der Waals surface area contributed by atoms with Gasteiger partial charge in [-0.05, 0) is 12.8 Å². The minimum atomic E-state index is 0.630. The lowest BCUT2D eigenvalue weighted by Crippen LogP contribution is -2.15. The molecule has 0 aliphatic rings. The van der Waals surface area contributed by atoms with Gasteiger partial charge in [-0.1, -0.05) is 6.92 Å². The molecule has 0 aliphatic heterocycles. The third-order valence-electron chi connectivity index (χ3n) is 2.63. The first kappa shape index (κ1) is 15.6. The van der Waals surface area contributed by atoms with Gasteiger partial charge < -0.3 is 20.2 Å². The molecule has 0 spiro atoms. The van der Waals surface area contributed by atoms with Gasteiger partial charge in [0.1, 0.15) is 18.0 Å². The van der Waals surface area contributed by atoms with E-state index in [2.05, 4.69) is 20.7 Å². The summed E-state index contributed by atoms with van der Waals surface area (Å²) < 4.78 is 10.3. The molecule has 1 aromatic rings. The van der Waals surface area contributed by atoms with Crippen LogP contribution in [0.1, 0.15) is 18.9 Å². The van der Waals surface area contributed by atoms with E-state index in [1.54, 1.807) is 7.11 Å². The summed E-state index contributed by atoms with van der Waals surface area (Å²) in [5.41, 5.74) is 3.57. The summed E-state index contributed by atoms with van der Waals surface area (Å²) in [4.78, 5) is 8.31. The quantitative estimate of drug-likeness (QED) is 0.328. The van der Waals surface area contributed by atoms with Crippen LogP contribution in [-0.4, -0.2) is 43.4 Å². The van der Waals surface area contributed by atoms with E-state index in [1.807, 2.05) is 6.92 Å². The molecular weight excluding hydrogens is 246 g/mol. The third-order valence-corrected chi connectivity index (χ3v) is 2.63. The summed E-state index contributed by atoms with van der Waals surface area (Å²) in [6.45, 7) is 4.79. The molecule has 108 valence electrons. The Morgan fingerprint density at radius 3 is 2.68 bits per heavy atom. The number of hydrazine groups is 1. The fraction of sp³-hybridized carbons (Fsp3) is 0.667. The molecule has 4 N–H and O–H groups in total. The molecule has 0 unspecified atom stereocenters. The number of anilines is 2. The van der Waals surface area contributed by atoms with Crippen LogP contribution in [0.2, 0.25) is 0 Å². The van der Waals surface area contributed by atoms with Crippen molar-refractivity contribution in [2.45, 2.75) is 19.8 Å². The Labute approximate surface area is 113 Å². The molecule has 0 amide bonds. The van der Waals surface area contributed by atoms with Crippen LogP contribution >= 0.6 is 0 Å². The van der Waals surface area contributed by atoms with E-state index in [0.717, 1.165) is 30.8 Å². The lowest BCUT2D eigenvalue weighted by molar-refractivity contribution is 0.0705. The Morgan fingerprint density at radius 2 is 2.00 bits per heavy atom. The van der Waals surface area contributed by atoms with Crippen LogP contribution in [0.15, 0.2) is 6.33 Å². The van der Waals surface area contributed by atoms with Gasteiger partial charge in [0.05, 0.1) is 13.2 Å². The predicted octanol–water partition coefficient (Wildman–Crippen LogP) is 0.790. The van der Waals surface area contributed by atoms with E-state index in [1.165, 1.54) is 6.33 Å². The third kappa shape index (κ3) is 5.37. The maximum absolute atomic E-state index is 5.42. The molecule has 1 aromatic heterocycles. The van der Waals surface area contributed by atoms with Crippen molar-refractivity contribution < 1.29 is 9.47 Å². The van der Waals surface area contributed by atoms with E-state index in [0.29, 0.717) is 25.6 Å². The SMILES string of the molecule is CCc1c(NN)ncnc1NCCCOCCOC. The summed E-state index contributed by atoms with van der Waals surface area (Å²) in [6.07, 6.45) is 3.21. The summed E-state index contributed by atoms with van der Waals surface area (Å²) in [6, 6.07) is 0. The van der Waals surface area contributed by atoms with Crippen molar-refractivity contribution in [2.75, 3.05) is 44.2 Å². The number of nitrogens with zero attached hydrogens (tertiary/aromatic N) is 2. The zero-order chi connectivity index (χ0) is 13.9. The van der Waals surface area contributed by atoms with Crippen molar-refractivity contribution in [3.05, 3.63) is 11.9 Å². The lowest BCUT2D eigenvalue weighted by atomic mass is 10.2. The number of nitrogens with two attached hydrogens (primary N) is 1. The smallest absolute Gasteiger partial charge is 0.148 e. The fourth-order valence-electron chi connectivity index (χ4n) is 1.65. The van der Waals surface area contributed by atoms with Crippen molar-refractivity contribution in [2.24, 2.45) is 5.84 Å². The summed E-state index contributed by atoms with van der Waals surface area (Å²) in [5, 5.41) is 3.27. The molecule has 19 heavy (non-hydrogen) atoms.